The highest BCUT2D eigenvalue weighted by Crippen LogP contribution is 2.26. The van der Waals surface area contributed by atoms with Crippen molar-refractivity contribution in [1.82, 2.24) is 0 Å². The van der Waals surface area contributed by atoms with Gasteiger partial charge in [-0.25, -0.2) is 4.39 Å². The lowest BCUT2D eigenvalue weighted by Gasteiger charge is -2.13. The number of carboxylic acid groups (broad SMARTS) is 1. The second kappa shape index (κ2) is 4.27. The summed E-state index contributed by atoms with van der Waals surface area (Å²) in [5.74, 6) is -3.34. The molecular weight excluding hydrogens is 201 g/mol. The Balaban J connectivity index is 3.24. The standard InChI is InChI=1S/C10H12FNO3/c1-5-2-8(11)9(13)3-6(5)7(4-12)10(14)15/h2-3,7,13H,4,12H2,1H3,(H,14,15). The largest absolute Gasteiger partial charge is 0.505 e. The van der Waals surface area contributed by atoms with Crippen LogP contribution in [0.3, 0.4) is 0 Å². The highest BCUT2D eigenvalue weighted by atomic mass is 19.1. The first-order valence-corrected chi connectivity index (χ1v) is 4.39. The van der Waals surface area contributed by atoms with Gasteiger partial charge in [-0.2, -0.15) is 0 Å². The van der Waals surface area contributed by atoms with E-state index >= 15 is 0 Å². The zero-order valence-electron chi connectivity index (χ0n) is 8.20. The average Bonchev–Trinajstić information content (AvgIpc) is 2.14. The highest BCUT2D eigenvalue weighted by Gasteiger charge is 2.21. The number of aromatic hydroxyl groups is 1. The first-order valence-electron chi connectivity index (χ1n) is 4.39. The molecule has 1 atom stereocenters. The van der Waals surface area contributed by atoms with Crippen LogP contribution in [-0.2, 0) is 4.79 Å². The van der Waals surface area contributed by atoms with Gasteiger partial charge in [0.15, 0.2) is 11.6 Å². The number of aryl methyl sites for hydroxylation is 1. The van der Waals surface area contributed by atoms with Crippen molar-refractivity contribution >= 4 is 5.97 Å². The summed E-state index contributed by atoms with van der Waals surface area (Å²) in [7, 11) is 0. The number of nitrogens with two attached hydrogens (primary N) is 1. The molecule has 5 heteroatoms. The molecule has 1 aromatic carbocycles. The Morgan fingerprint density at radius 1 is 1.60 bits per heavy atom. The number of carbonyl (C=O) groups is 1. The van der Waals surface area contributed by atoms with Crippen LogP contribution in [-0.4, -0.2) is 22.7 Å². The Bertz CT molecular complexity index is 392. The summed E-state index contributed by atoms with van der Waals surface area (Å²) in [5.41, 5.74) is 6.10. The molecule has 0 spiro atoms. The van der Waals surface area contributed by atoms with Crippen molar-refractivity contribution in [2.45, 2.75) is 12.8 Å². The lowest BCUT2D eigenvalue weighted by atomic mass is 9.94. The summed E-state index contributed by atoms with van der Waals surface area (Å²) < 4.78 is 12.9. The molecule has 0 saturated carbocycles. The fraction of sp³-hybridized carbons (Fsp3) is 0.300. The third-order valence-corrected chi connectivity index (χ3v) is 2.24. The van der Waals surface area contributed by atoms with E-state index in [4.69, 9.17) is 15.9 Å². The molecule has 0 aliphatic rings. The number of hydrogen-bond acceptors (Lipinski definition) is 3. The second-order valence-corrected chi connectivity index (χ2v) is 3.29. The van der Waals surface area contributed by atoms with Gasteiger partial charge in [-0.1, -0.05) is 0 Å². The van der Waals surface area contributed by atoms with Crippen molar-refractivity contribution in [3.05, 3.63) is 29.1 Å². The quantitative estimate of drug-likeness (QED) is 0.698. The lowest BCUT2D eigenvalue weighted by molar-refractivity contribution is -0.138. The number of phenols is 1. The summed E-state index contributed by atoms with van der Waals surface area (Å²) in [6, 6.07) is 2.20. The number of benzene rings is 1. The van der Waals surface area contributed by atoms with E-state index in [0.29, 0.717) is 11.1 Å². The minimum absolute atomic E-state index is 0.0960. The van der Waals surface area contributed by atoms with E-state index in [1.54, 1.807) is 6.92 Å². The van der Waals surface area contributed by atoms with Gasteiger partial charge in [0.25, 0.3) is 0 Å². The van der Waals surface area contributed by atoms with Crippen molar-refractivity contribution in [2.24, 2.45) is 5.73 Å². The molecule has 1 aromatic rings. The molecule has 0 fully saturated rings. The van der Waals surface area contributed by atoms with Gasteiger partial charge < -0.3 is 15.9 Å². The Morgan fingerprint density at radius 2 is 2.20 bits per heavy atom. The van der Waals surface area contributed by atoms with Crippen molar-refractivity contribution < 1.29 is 19.4 Å². The minimum Gasteiger partial charge on any atom is -0.505 e. The number of hydrogen-bond donors (Lipinski definition) is 3. The van der Waals surface area contributed by atoms with Crippen LogP contribution in [0.1, 0.15) is 17.0 Å². The van der Waals surface area contributed by atoms with E-state index in [0.717, 1.165) is 12.1 Å². The number of halogens is 1. The summed E-state index contributed by atoms with van der Waals surface area (Å²) in [5, 5.41) is 18.0. The number of carboxylic acids is 1. The van der Waals surface area contributed by atoms with E-state index in [1.807, 2.05) is 0 Å². The molecule has 1 rings (SSSR count). The average molecular weight is 213 g/mol. The molecule has 82 valence electrons. The topological polar surface area (TPSA) is 83.5 Å². The van der Waals surface area contributed by atoms with Gasteiger partial charge in [-0.05, 0) is 30.2 Å². The van der Waals surface area contributed by atoms with E-state index in [9.17, 15) is 9.18 Å². The monoisotopic (exact) mass is 213 g/mol. The van der Waals surface area contributed by atoms with Gasteiger partial charge in [0, 0.05) is 6.54 Å². The van der Waals surface area contributed by atoms with Gasteiger partial charge in [0.2, 0.25) is 0 Å². The van der Waals surface area contributed by atoms with Crippen molar-refractivity contribution in [1.29, 1.82) is 0 Å². The van der Waals surface area contributed by atoms with Gasteiger partial charge in [-0.3, -0.25) is 4.79 Å². The van der Waals surface area contributed by atoms with Crippen LogP contribution in [0, 0.1) is 12.7 Å². The summed E-state index contributed by atoms with van der Waals surface area (Å²) in [6.07, 6.45) is 0. The van der Waals surface area contributed by atoms with E-state index < -0.39 is 23.5 Å². The van der Waals surface area contributed by atoms with Gasteiger partial charge in [0.05, 0.1) is 5.92 Å². The SMILES string of the molecule is Cc1cc(F)c(O)cc1C(CN)C(=O)O. The maximum absolute atomic E-state index is 12.9. The van der Waals surface area contributed by atoms with E-state index in [2.05, 4.69) is 0 Å². The molecule has 0 aliphatic heterocycles. The van der Waals surface area contributed by atoms with Crippen LogP contribution in [0.25, 0.3) is 0 Å². The molecule has 0 amide bonds. The fourth-order valence-corrected chi connectivity index (χ4v) is 1.41. The molecule has 15 heavy (non-hydrogen) atoms. The lowest BCUT2D eigenvalue weighted by Crippen LogP contribution is -2.22. The van der Waals surface area contributed by atoms with Crippen molar-refractivity contribution in [2.75, 3.05) is 6.54 Å². The van der Waals surface area contributed by atoms with Crippen LogP contribution in [0.15, 0.2) is 12.1 Å². The third kappa shape index (κ3) is 2.24. The summed E-state index contributed by atoms with van der Waals surface area (Å²) >= 11 is 0. The van der Waals surface area contributed by atoms with Crippen LogP contribution in [0.2, 0.25) is 0 Å². The van der Waals surface area contributed by atoms with Gasteiger partial charge in [-0.15, -0.1) is 0 Å². The Kier molecular flexibility index (Phi) is 3.26. The van der Waals surface area contributed by atoms with Crippen LogP contribution < -0.4 is 5.73 Å². The third-order valence-electron chi connectivity index (χ3n) is 2.24. The molecule has 4 nitrogen and oxygen atoms in total. The Labute approximate surface area is 86.1 Å². The summed E-state index contributed by atoms with van der Waals surface area (Å²) in [4.78, 5) is 10.8. The molecular formula is C10H12FNO3. The predicted octanol–water partition coefficient (Wildman–Crippen LogP) is 0.967. The molecule has 4 N–H and O–H groups in total. The van der Waals surface area contributed by atoms with E-state index in [1.165, 1.54) is 0 Å². The second-order valence-electron chi connectivity index (χ2n) is 3.29. The van der Waals surface area contributed by atoms with Crippen LogP contribution in [0.4, 0.5) is 4.39 Å². The molecule has 0 aliphatic carbocycles. The van der Waals surface area contributed by atoms with E-state index in [-0.39, 0.29) is 6.54 Å². The maximum atomic E-state index is 12.9. The zero-order valence-corrected chi connectivity index (χ0v) is 8.20. The normalized spacial score (nSPS) is 12.5. The van der Waals surface area contributed by atoms with Crippen molar-refractivity contribution in [3.8, 4) is 5.75 Å². The molecule has 0 aromatic heterocycles. The molecule has 0 bridgehead atoms. The van der Waals surface area contributed by atoms with Crippen molar-refractivity contribution in [3.63, 3.8) is 0 Å². The first kappa shape index (κ1) is 11.5. The highest BCUT2D eigenvalue weighted by molar-refractivity contribution is 5.77. The van der Waals surface area contributed by atoms with Crippen LogP contribution in [0.5, 0.6) is 5.75 Å². The van der Waals surface area contributed by atoms with Crippen LogP contribution >= 0.6 is 0 Å². The molecule has 0 radical (unpaired) electrons. The minimum atomic E-state index is -1.09. The molecule has 1 unspecified atom stereocenters. The number of rotatable bonds is 3. The zero-order chi connectivity index (χ0) is 11.6. The molecule has 0 heterocycles. The Hall–Kier alpha value is -1.62. The predicted molar refractivity (Wildman–Crippen MR) is 52.2 cm³/mol. The molecule has 0 saturated heterocycles. The maximum Gasteiger partial charge on any atom is 0.312 e. The number of aliphatic carboxylic acids is 1. The van der Waals surface area contributed by atoms with Gasteiger partial charge >= 0.3 is 5.97 Å². The van der Waals surface area contributed by atoms with Gasteiger partial charge in [0.1, 0.15) is 0 Å². The number of phenolic OH excluding ortho intramolecular Hbond substituents is 1. The Morgan fingerprint density at radius 3 is 2.67 bits per heavy atom. The summed E-state index contributed by atoms with van der Waals surface area (Å²) in [6.45, 7) is 1.48. The smallest absolute Gasteiger partial charge is 0.312 e. The first-order chi connectivity index (χ1) is 6.97. The fourth-order valence-electron chi connectivity index (χ4n) is 1.41.